The number of hydrogen-bond donors (Lipinski definition) is 2. The molecule has 1 aliphatic rings. The molecule has 0 amide bonds. The molecule has 0 aromatic heterocycles. The molecular formula is C11H21NO5. The van der Waals surface area contributed by atoms with Gasteiger partial charge < -0.3 is 24.6 Å². The second-order valence-corrected chi connectivity index (χ2v) is 3.98. The molecule has 1 aliphatic heterocycles. The standard InChI is InChI=1S/C11H21NO5/c1-15-3-2-4-16-5-6-17-11(14)10-7-9(13)8-12-10/h9-10,12-13H,2-8H2,1H3/t9-,10-/m0/s1. The van der Waals surface area contributed by atoms with E-state index >= 15 is 0 Å². The van der Waals surface area contributed by atoms with Gasteiger partial charge in [-0.2, -0.15) is 0 Å². The van der Waals surface area contributed by atoms with E-state index in [0.717, 1.165) is 6.42 Å². The second-order valence-electron chi connectivity index (χ2n) is 3.98. The molecule has 0 unspecified atom stereocenters. The first-order valence-electron chi connectivity index (χ1n) is 5.89. The van der Waals surface area contributed by atoms with Crippen LogP contribution in [0.1, 0.15) is 12.8 Å². The van der Waals surface area contributed by atoms with Gasteiger partial charge in [0.15, 0.2) is 0 Å². The van der Waals surface area contributed by atoms with Crippen LogP contribution in [0, 0.1) is 0 Å². The minimum atomic E-state index is -0.446. The van der Waals surface area contributed by atoms with E-state index in [1.54, 1.807) is 7.11 Å². The molecule has 100 valence electrons. The van der Waals surface area contributed by atoms with Crippen LogP contribution in [0.5, 0.6) is 0 Å². The molecule has 1 rings (SSSR count). The van der Waals surface area contributed by atoms with Crippen molar-refractivity contribution < 1.29 is 24.1 Å². The van der Waals surface area contributed by atoms with Gasteiger partial charge in [0.1, 0.15) is 12.6 Å². The SMILES string of the molecule is COCCCOCCOC(=O)[C@@H]1C[C@H](O)CN1. The monoisotopic (exact) mass is 247 g/mol. The number of carbonyl (C=O) groups is 1. The van der Waals surface area contributed by atoms with Gasteiger partial charge in [-0.25, -0.2) is 0 Å². The highest BCUT2D eigenvalue weighted by atomic mass is 16.6. The predicted octanol–water partition coefficient (Wildman–Crippen LogP) is -0.694. The Hall–Kier alpha value is -0.690. The van der Waals surface area contributed by atoms with Gasteiger partial charge in [0, 0.05) is 33.3 Å². The van der Waals surface area contributed by atoms with Gasteiger partial charge in [-0.05, 0) is 6.42 Å². The van der Waals surface area contributed by atoms with Crippen LogP contribution in [-0.4, -0.2) is 63.3 Å². The lowest BCUT2D eigenvalue weighted by molar-refractivity contribution is -0.147. The number of hydrogen-bond acceptors (Lipinski definition) is 6. The van der Waals surface area contributed by atoms with Crippen molar-refractivity contribution in [1.29, 1.82) is 0 Å². The zero-order valence-corrected chi connectivity index (χ0v) is 10.2. The van der Waals surface area contributed by atoms with Crippen LogP contribution >= 0.6 is 0 Å². The lowest BCUT2D eigenvalue weighted by Crippen LogP contribution is -2.33. The van der Waals surface area contributed by atoms with Crippen LogP contribution in [0.3, 0.4) is 0 Å². The molecule has 0 aromatic carbocycles. The Balaban J connectivity index is 1.93. The molecule has 1 fully saturated rings. The van der Waals surface area contributed by atoms with Gasteiger partial charge in [-0.15, -0.1) is 0 Å². The predicted molar refractivity (Wildman–Crippen MR) is 60.7 cm³/mol. The topological polar surface area (TPSA) is 77.0 Å². The first-order chi connectivity index (χ1) is 8.24. The summed E-state index contributed by atoms with van der Waals surface area (Å²) in [6.45, 7) is 2.37. The average molecular weight is 247 g/mol. The summed E-state index contributed by atoms with van der Waals surface area (Å²) in [6.07, 6.45) is 0.812. The number of rotatable bonds is 8. The molecule has 0 bridgehead atoms. The lowest BCUT2D eigenvalue weighted by Gasteiger charge is -2.10. The van der Waals surface area contributed by atoms with Gasteiger partial charge in [-0.3, -0.25) is 4.79 Å². The first kappa shape index (κ1) is 14.4. The Morgan fingerprint density at radius 2 is 2.18 bits per heavy atom. The fraction of sp³-hybridized carbons (Fsp3) is 0.909. The summed E-state index contributed by atoms with van der Waals surface area (Å²) in [4.78, 5) is 11.5. The number of ether oxygens (including phenoxy) is 3. The zero-order chi connectivity index (χ0) is 12.5. The Morgan fingerprint density at radius 1 is 1.35 bits per heavy atom. The van der Waals surface area contributed by atoms with E-state index in [4.69, 9.17) is 14.2 Å². The quantitative estimate of drug-likeness (QED) is 0.436. The molecule has 0 spiro atoms. The molecule has 1 saturated heterocycles. The van der Waals surface area contributed by atoms with E-state index in [9.17, 15) is 9.90 Å². The highest BCUT2D eigenvalue weighted by Gasteiger charge is 2.28. The molecule has 6 heteroatoms. The van der Waals surface area contributed by atoms with E-state index in [1.165, 1.54) is 0 Å². The number of methoxy groups -OCH3 is 1. The molecule has 1 heterocycles. The third-order valence-electron chi connectivity index (χ3n) is 2.50. The van der Waals surface area contributed by atoms with Crippen LogP contribution in [-0.2, 0) is 19.0 Å². The molecule has 0 aromatic rings. The Bertz CT molecular complexity index is 224. The van der Waals surface area contributed by atoms with Crippen molar-refractivity contribution in [3.8, 4) is 0 Å². The molecule has 17 heavy (non-hydrogen) atoms. The van der Waals surface area contributed by atoms with Crippen LogP contribution < -0.4 is 5.32 Å². The maximum Gasteiger partial charge on any atom is 0.323 e. The van der Waals surface area contributed by atoms with Gasteiger partial charge in [0.05, 0.1) is 12.7 Å². The Morgan fingerprint density at radius 3 is 2.82 bits per heavy atom. The summed E-state index contributed by atoms with van der Waals surface area (Å²) in [5, 5.41) is 12.1. The minimum Gasteiger partial charge on any atom is -0.462 e. The van der Waals surface area contributed by atoms with Crippen molar-refractivity contribution in [2.45, 2.75) is 25.0 Å². The molecule has 0 radical (unpaired) electrons. The van der Waals surface area contributed by atoms with Gasteiger partial charge in [0.25, 0.3) is 0 Å². The summed E-state index contributed by atoms with van der Waals surface area (Å²) in [6, 6.07) is -0.376. The van der Waals surface area contributed by atoms with Gasteiger partial charge in [-0.1, -0.05) is 0 Å². The van der Waals surface area contributed by atoms with E-state index in [0.29, 0.717) is 32.8 Å². The van der Waals surface area contributed by atoms with Gasteiger partial charge >= 0.3 is 5.97 Å². The van der Waals surface area contributed by atoms with Crippen LogP contribution in [0.2, 0.25) is 0 Å². The summed E-state index contributed by atoms with van der Waals surface area (Å²) in [7, 11) is 1.64. The molecule has 0 saturated carbocycles. The maximum absolute atomic E-state index is 11.5. The summed E-state index contributed by atoms with van der Waals surface area (Å²) < 4.78 is 15.1. The van der Waals surface area contributed by atoms with Crippen molar-refractivity contribution in [3.63, 3.8) is 0 Å². The summed E-state index contributed by atoms with van der Waals surface area (Å²) in [5.74, 6) is -0.318. The fourth-order valence-electron chi connectivity index (χ4n) is 1.61. The third kappa shape index (κ3) is 5.97. The van der Waals surface area contributed by atoms with Crippen LogP contribution in [0.4, 0.5) is 0 Å². The zero-order valence-electron chi connectivity index (χ0n) is 10.2. The number of aliphatic hydroxyl groups is 1. The Labute approximate surface area is 101 Å². The number of aliphatic hydroxyl groups excluding tert-OH is 1. The Kier molecular flexibility index (Phi) is 7.11. The van der Waals surface area contributed by atoms with Crippen molar-refractivity contribution in [3.05, 3.63) is 0 Å². The number of nitrogens with one attached hydrogen (secondary N) is 1. The van der Waals surface area contributed by atoms with E-state index in [2.05, 4.69) is 5.32 Å². The number of carbonyl (C=O) groups excluding carboxylic acids is 1. The van der Waals surface area contributed by atoms with Crippen molar-refractivity contribution in [2.24, 2.45) is 0 Å². The summed E-state index contributed by atoms with van der Waals surface area (Å²) in [5.41, 5.74) is 0. The molecular weight excluding hydrogens is 226 g/mol. The van der Waals surface area contributed by atoms with Crippen LogP contribution in [0.15, 0.2) is 0 Å². The minimum absolute atomic E-state index is 0.250. The van der Waals surface area contributed by atoms with E-state index in [-0.39, 0.29) is 18.6 Å². The van der Waals surface area contributed by atoms with Crippen molar-refractivity contribution in [2.75, 3.05) is 40.1 Å². The molecule has 2 N–H and O–H groups in total. The highest BCUT2D eigenvalue weighted by molar-refractivity contribution is 5.76. The smallest absolute Gasteiger partial charge is 0.323 e. The molecule has 2 atom stereocenters. The first-order valence-corrected chi connectivity index (χ1v) is 5.89. The third-order valence-corrected chi connectivity index (χ3v) is 2.50. The molecule has 6 nitrogen and oxygen atoms in total. The number of β-amino-alcohol motifs (C(OH)–C–C–N with tert-alkyl or cyclic N) is 1. The largest absolute Gasteiger partial charge is 0.462 e. The van der Waals surface area contributed by atoms with Crippen molar-refractivity contribution in [1.82, 2.24) is 5.32 Å². The highest BCUT2D eigenvalue weighted by Crippen LogP contribution is 2.07. The van der Waals surface area contributed by atoms with E-state index in [1.807, 2.05) is 0 Å². The average Bonchev–Trinajstić information content (AvgIpc) is 2.74. The number of esters is 1. The summed E-state index contributed by atoms with van der Waals surface area (Å²) >= 11 is 0. The van der Waals surface area contributed by atoms with E-state index < -0.39 is 6.10 Å². The normalized spacial score (nSPS) is 23.9. The van der Waals surface area contributed by atoms with Gasteiger partial charge in [0.2, 0.25) is 0 Å². The molecule has 0 aliphatic carbocycles. The van der Waals surface area contributed by atoms with Crippen molar-refractivity contribution >= 4 is 5.97 Å². The second kappa shape index (κ2) is 8.41. The fourth-order valence-corrected chi connectivity index (χ4v) is 1.61. The lowest BCUT2D eigenvalue weighted by atomic mass is 10.2. The maximum atomic E-state index is 11.5. The van der Waals surface area contributed by atoms with Crippen LogP contribution in [0.25, 0.3) is 0 Å².